The lowest BCUT2D eigenvalue weighted by molar-refractivity contribution is -0.124. The molecule has 0 heterocycles. The number of ether oxygens (including phenoxy) is 1. The number of sulfonamides is 1. The normalized spacial score (nSPS) is 11.5. The smallest absolute Gasteiger partial charge is 0.237 e. The quantitative estimate of drug-likeness (QED) is 0.771. The van der Waals surface area contributed by atoms with Crippen molar-refractivity contribution in [1.29, 1.82) is 0 Å². The molecule has 2 aromatic rings. The van der Waals surface area contributed by atoms with Crippen LogP contribution in [0.3, 0.4) is 0 Å². The van der Waals surface area contributed by atoms with Crippen molar-refractivity contribution < 1.29 is 17.9 Å². The van der Waals surface area contributed by atoms with E-state index in [1.54, 1.807) is 14.0 Å². The first-order chi connectivity index (χ1) is 11.4. The summed E-state index contributed by atoms with van der Waals surface area (Å²) < 4.78 is 30.7. The molecule has 0 radical (unpaired) electrons. The zero-order chi connectivity index (χ0) is 17.7. The Bertz CT molecular complexity index is 830. The number of carbonyl (C=O) groups is 1. The Labute approximate surface area is 143 Å². The SMILES string of the molecule is CCCS(=O)(=O)N(CCc1cccc2ccc(OC)cc12)C(C)=O. The highest BCUT2D eigenvalue weighted by molar-refractivity contribution is 7.89. The van der Waals surface area contributed by atoms with E-state index < -0.39 is 15.9 Å². The molecular formula is C18H23NO4S. The Morgan fingerprint density at radius 2 is 1.96 bits per heavy atom. The van der Waals surface area contributed by atoms with Gasteiger partial charge < -0.3 is 4.74 Å². The monoisotopic (exact) mass is 349 g/mol. The number of rotatable bonds is 7. The van der Waals surface area contributed by atoms with Crippen LogP contribution in [0.15, 0.2) is 36.4 Å². The molecule has 0 N–H and O–H groups in total. The molecule has 0 saturated heterocycles. The molecule has 1 amide bonds. The Morgan fingerprint density at radius 1 is 1.21 bits per heavy atom. The lowest BCUT2D eigenvalue weighted by Gasteiger charge is -2.21. The molecular weight excluding hydrogens is 326 g/mol. The topological polar surface area (TPSA) is 63.7 Å². The van der Waals surface area contributed by atoms with Gasteiger partial charge >= 0.3 is 0 Å². The Hall–Kier alpha value is -2.08. The van der Waals surface area contributed by atoms with E-state index in [2.05, 4.69) is 0 Å². The third-order valence-electron chi connectivity index (χ3n) is 3.91. The number of hydrogen-bond acceptors (Lipinski definition) is 4. The fraction of sp³-hybridized carbons (Fsp3) is 0.389. The van der Waals surface area contributed by atoms with Crippen molar-refractivity contribution in [3.05, 3.63) is 42.0 Å². The van der Waals surface area contributed by atoms with Gasteiger partial charge in [0.25, 0.3) is 0 Å². The van der Waals surface area contributed by atoms with Gasteiger partial charge in [-0.2, -0.15) is 0 Å². The van der Waals surface area contributed by atoms with Crippen LogP contribution in [0.5, 0.6) is 5.75 Å². The maximum atomic E-state index is 12.2. The number of methoxy groups -OCH3 is 1. The number of amides is 1. The second-order valence-electron chi connectivity index (χ2n) is 5.66. The van der Waals surface area contributed by atoms with E-state index in [0.29, 0.717) is 12.8 Å². The lowest BCUT2D eigenvalue weighted by Crippen LogP contribution is -2.38. The van der Waals surface area contributed by atoms with E-state index in [4.69, 9.17) is 4.74 Å². The van der Waals surface area contributed by atoms with Crippen molar-refractivity contribution in [2.24, 2.45) is 0 Å². The Balaban J connectivity index is 2.30. The highest BCUT2D eigenvalue weighted by atomic mass is 32.2. The molecule has 2 aromatic carbocycles. The summed E-state index contributed by atoms with van der Waals surface area (Å²) in [6.07, 6.45) is 0.949. The van der Waals surface area contributed by atoms with Gasteiger partial charge in [0.2, 0.25) is 15.9 Å². The standard InChI is InChI=1S/C18H23NO4S/c1-4-12-24(21,22)19(14(2)20)11-10-16-7-5-6-15-8-9-17(23-3)13-18(15)16/h5-9,13H,4,10-12H2,1-3H3. The van der Waals surface area contributed by atoms with E-state index in [1.807, 2.05) is 36.4 Å². The van der Waals surface area contributed by atoms with Crippen LogP contribution in [0.25, 0.3) is 10.8 Å². The zero-order valence-corrected chi connectivity index (χ0v) is 15.1. The van der Waals surface area contributed by atoms with Gasteiger partial charge in [0.1, 0.15) is 5.75 Å². The second-order valence-corrected chi connectivity index (χ2v) is 7.67. The second kappa shape index (κ2) is 7.66. The van der Waals surface area contributed by atoms with Crippen molar-refractivity contribution in [1.82, 2.24) is 4.31 Å². The molecule has 0 fully saturated rings. The Kier molecular flexibility index (Phi) is 5.83. The summed E-state index contributed by atoms with van der Waals surface area (Å²) in [5, 5.41) is 2.06. The first kappa shape index (κ1) is 18.3. The molecule has 0 aliphatic rings. The van der Waals surface area contributed by atoms with Gasteiger partial charge in [-0.3, -0.25) is 4.79 Å². The average Bonchev–Trinajstić information content (AvgIpc) is 2.54. The van der Waals surface area contributed by atoms with Gasteiger partial charge in [0.15, 0.2) is 0 Å². The van der Waals surface area contributed by atoms with Crippen LogP contribution in [0.1, 0.15) is 25.8 Å². The van der Waals surface area contributed by atoms with Crippen LogP contribution in [-0.4, -0.2) is 38.0 Å². The van der Waals surface area contributed by atoms with Crippen molar-refractivity contribution >= 4 is 26.7 Å². The molecule has 0 aliphatic carbocycles. The van der Waals surface area contributed by atoms with E-state index in [1.165, 1.54) is 6.92 Å². The van der Waals surface area contributed by atoms with Crippen LogP contribution < -0.4 is 4.74 Å². The summed E-state index contributed by atoms with van der Waals surface area (Å²) in [5.41, 5.74) is 0.990. The maximum Gasteiger partial charge on any atom is 0.237 e. The summed E-state index contributed by atoms with van der Waals surface area (Å²) in [6.45, 7) is 3.22. The van der Waals surface area contributed by atoms with Gasteiger partial charge in [-0.1, -0.05) is 31.2 Å². The van der Waals surface area contributed by atoms with E-state index >= 15 is 0 Å². The number of hydrogen-bond donors (Lipinski definition) is 0. The fourth-order valence-corrected chi connectivity index (χ4v) is 4.24. The van der Waals surface area contributed by atoms with Crippen LogP contribution in [0.2, 0.25) is 0 Å². The van der Waals surface area contributed by atoms with Crippen LogP contribution in [0, 0.1) is 0 Å². The summed E-state index contributed by atoms with van der Waals surface area (Å²) in [4.78, 5) is 11.8. The third kappa shape index (κ3) is 4.06. The van der Waals surface area contributed by atoms with Crippen molar-refractivity contribution in [2.45, 2.75) is 26.7 Å². The molecule has 2 rings (SSSR count). The van der Waals surface area contributed by atoms with Crippen LogP contribution in [-0.2, 0) is 21.2 Å². The molecule has 0 aromatic heterocycles. The molecule has 6 heteroatoms. The summed E-state index contributed by atoms with van der Waals surface area (Å²) >= 11 is 0. The predicted molar refractivity (Wildman–Crippen MR) is 95.7 cm³/mol. The number of fused-ring (bicyclic) bond motifs is 1. The highest BCUT2D eigenvalue weighted by Crippen LogP contribution is 2.24. The fourth-order valence-electron chi connectivity index (χ4n) is 2.74. The van der Waals surface area contributed by atoms with Crippen molar-refractivity contribution in [3.63, 3.8) is 0 Å². The van der Waals surface area contributed by atoms with Gasteiger partial charge in [0.05, 0.1) is 12.9 Å². The van der Waals surface area contributed by atoms with E-state index in [0.717, 1.165) is 26.4 Å². The molecule has 0 unspecified atom stereocenters. The molecule has 0 saturated carbocycles. The minimum Gasteiger partial charge on any atom is -0.497 e. The van der Waals surface area contributed by atoms with Crippen molar-refractivity contribution in [2.75, 3.05) is 19.4 Å². The summed E-state index contributed by atoms with van der Waals surface area (Å²) in [7, 11) is -1.94. The van der Waals surface area contributed by atoms with E-state index in [9.17, 15) is 13.2 Å². The zero-order valence-electron chi connectivity index (χ0n) is 14.3. The molecule has 5 nitrogen and oxygen atoms in total. The Morgan fingerprint density at radius 3 is 2.58 bits per heavy atom. The number of carbonyl (C=O) groups excluding carboxylic acids is 1. The van der Waals surface area contributed by atoms with Crippen molar-refractivity contribution in [3.8, 4) is 5.75 Å². The largest absolute Gasteiger partial charge is 0.497 e. The molecule has 0 bridgehead atoms. The molecule has 0 spiro atoms. The molecule has 0 atom stereocenters. The van der Waals surface area contributed by atoms with Gasteiger partial charge in [-0.15, -0.1) is 0 Å². The summed E-state index contributed by atoms with van der Waals surface area (Å²) in [5.74, 6) is 0.286. The highest BCUT2D eigenvalue weighted by Gasteiger charge is 2.23. The van der Waals surface area contributed by atoms with Gasteiger partial charge in [-0.05, 0) is 41.3 Å². The minimum absolute atomic E-state index is 0.0179. The molecule has 0 aliphatic heterocycles. The van der Waals surface area contributed by atoms with Crippen LogP contribution >= 0.6 is 0 Å². The number of nitrogens with zero attached hydrogens (tertiary/aromatic N) is 1. The third-order valence-corrected chi connectivity index (χ3v) is 5.95. The first-order valence-corrected chi connectivity index (χ1v) is 9.56. The predicted octanol–water partition coefficient (Wildman–Crippen LogP) is 2.98. The average molecular weight is 349 g/mol. The summed E-state index contributed by atoms with van der Waals surface area (Å²) in [6, 6.07) is 11.7. The molecule has 24 heavy (non-hydrogen) atoms. The maximum absolute atomic E-state index is 12.2. The first-order valence-electron chi connectivity index (χ1n) is 7.95. The molecule has 130 valence electrons. The minimum atomic E-state index is -3.55. The lowest BCUT2D eigenvalue weighted by atomic mass is 10.0. The van der Waals surface area contributed by atoms with E-state index in [-0.39, 0.29) is 12.3 Å². The van der Waals surface area contributed by atoms with Gasteiger partial charge in [-0.25, -0.2) is 12.7 Å². The van der Waals surface area contributed by atoms with Gasteiger partial charge in [0, 0.05) is 13.5 Å². The van der Waals surface area contributed by atoms with Crippen LogP contribution in [0.4, 0.5) is 0 Å². The number of benzene rings is 2.